The van der Waals surface area contributed by atoms with E-state index >= 15 is 0 Å². The van der Waals surface area contributed by atoms with Gasteiger partial charge in [-0.2, -0.15) is 0 Å². The maximum Gasteiger partial charge on any atom is 0.243 e. The molecule has 0 spiro atoms. The maximum atomic E-state index is 12.2. The highest BCUT2D eigenvalue weighted by molar-refractivity contribution is 7.89. The average molecular weight is 250 g/mol. The van der Waals surface area contributed by atoms with Crippen molar-refractivity contribution in [2.45, 2.75) is 11.8 Å². The second kappa shape index (κ2) is 4.09. The van der Waals surface area contributed by atoms with Crippen LogP contribution in [0.15, 0.2) is 35.4 Å². The lowest BCUT2D eigenvalue weighted by Crippen LogP contribution is -2.22. The van der Waals surface area contributed by atoms with Gasteiger partial charge in [-0.3, -0.25) is 4.98 Å². The molecule has 5 heteroatoms. The Morgan fingerprint density at radius 1 is 1.18 bits per heavy atom. The Labute approximate surface area is 101 Å². The summed E-state index contributed by atoms with van der Waals surface area (Å²) in [7, 11) is -0.377. The van der Waals surface area contributed by atoms with Crippen molar-refractivity contribution in [3.05, 3.63) is 36.0 Å². The zero-order valence-electron chi connectivity index (χ0n) is 10.0. The molecule has 17 heavy (non-hydrogen) atoms. The minimum absolute atomic E-state index is 0.302. The first-order valence-corrected chi connectivity index (χ1v) is 6.65. The molecule has 90 valence electrons. The summed E-state index contributed by atoms with van der Waals surface area (Å²) in [6.45, 7) is 1.92. The van der Waals surface area contributed by atoms with Gasteiger partial charge in [0.15, 0.2) is 0 Å². The van der Waals surface area contributed by atoms with E-state index in [0.717, 1.165) is 11.1 Å². The van der Waals surface area contributed by atoms with Crippen LogP contribution in [0.25, 0.3) is 10.9 Å². The number of nitrogens with zero attached hydrogens (tertiary/aromatic N) is 2. The van der Waals surface area contributed by atoms with Gasteiger partial charge in [0.05, 0.1) is 10.4 Å². The van der Waals surface area contributed by atoms with Crippen molar-refractivity contribution < 1.29 is 8.42 Å². The molecule has 0 N–H and O–H groups in total. The molecule has 0 saturated carbocycles. The van der Waals surface area contributed by atoms with Gasteiger partial charge < -0.3 is 0 Å². The molecule has 1 heterocycles. The average Bonchev–Trinajstić information content (AvgIpc) is 2.29. The van der Waals surface area contributed by atoms with Crippen LogP contribution in [0.4, 0.5) is 0 Å². The van der Waals surface area contributed by atoms with Crippen LogP contribution in [-0.4, -0.2) is 31.8 Å². The number of aryl methyl sites for hydroxylation is 1. The van der Waals surface area contributed by atoms with Crippen LogP contribution >= 0.6 is 0 Å². The monoisotopic (exact) mass is 250 g/mol. The topological polar surface area (TPSA) is 50.3 Å². The van der Waals surface area contributed by atoms with E-state index in [9.17, 15) is 8.42 Å². The van der Waals surface area contributed by atoms with E-state index in [1.165, 1.54) is 18.4 Å². The molecule has 1 aromatic carbocycles. The van der Waals surface area contributed by atoms with E-state index in [1.807, 2.05) is 6.92 Å². The Bertz CT molecular complexity index is 663. The van der Waals surface area contributed by atoms with Crippen LogP contribution in [0, 0.1) is 6.92 Å². The van der Waals surface area contributed by atoms with Crippen LogP contribution in [0.1, 0.15) is 5.56 Å². The SMILES string of the molecule is Cc1ccc(S(=O)(=O)N(C)C)c2cccnc12. The predicted molar refractivity (Wildman–Crippen MR) is 67.4 cm³/mol. The summed E-state index contributed by atoms with van der Waals surface area (Å²) in [5.41, 5.74) is 1.70. The molecule has 2 aromatic rings. The molecule has 0 radical (unpaired) electrons. The van der Waals surface area contributed by atoms with Crippen molar-refractivity contribution in [2.75, 3.05) is 14.1 Å². The molecule has 0 aliphatic carbocycles. The molecule has 0 bridgehead atoms. The predicted octanol–water partition coefficient (Wildman–Crippen LogP) is 1.79. The van der Waals surface area contributed by atoms with Crippen molar-refractivity contribution in [1.82, 2.24) is 9.29 Å². The second-order valence-electron chi connectivity index (χ2n) is 4.07. The van der Waals surface area contributed by atoms with Crippen LogP contribution in [-0.2, 0) is 10.0 Å². The van der Waals surface area contributed by atoms with Crippen molar-refractivity contribution in [3.63, 3.8) is 0 Å². The van der Waals surface area contributed by atoms with Crippen molar-refractivity contribution in [2.24, 2.45) is 0 Å². The molecule has 0 aliphatic heterocycles. The quantitative estimate of drug-likeness (QED) is 0.816. The number of aromatic nitrogens is 1. The van der Waals surface area contributed by atoms with Gasteiger partial charge in [-0.05, 0) is 30.7 Å². The third-order valence-electron chi connectivity index (χ3n) is 2.69. The van der Waals surface area contributed by atoms with Gasteiger partial charge in [0.2, 0.25) is 10.0 Å². The number of benzene rings is 1. The number of fused-ring (bicyclic) bond motifs is 1. The van der Waals surface area contributed by atoms with Crippen LogP contribution in [0.5, 0.6) is 0 Å². The molecule has 0 fully saturated rings. The number of pyridine rings is 1. The third-order valence-corrected chi connectivity index (χ3v) is 4.56. The summed E-state index contributed by atoms with van der Waals surface area (Å²) >= 11 is 0. The van der Waals surface area contributed by atoms with Crippen molar-refractivity contribution in [3.8, 4) is 0 Å². The molecular weight excluding hydrogens is 236 g/mol. The lowest BCUT2D eigenvalue weighted by molar-refractivity contribution is 0.521. The molecule has 0 amide bonds. The van der Waals surface area contributed by atoms with Gasteiger partial charge >= 0.3 is 0 Å². The summed E-state index contributed by atoms with van der Waals surface area (Å²) in [5, 5.41) is 0.668. The molecule has 0 atom stereocenters. The summed E-state index contributed by atoms with van der Waals surface area (Å²) in [4.78, 5) is 4.53. The molecule has 2 rings (SSSR count). The maximum absolute atomic E-state index is 12.2. The van der Waals surface area contributed by atoms with E-state index in [4.69, 9.17) is 0 Å². The fraction of sp³-hybridized carbons (Fsp3) is 0.250. The van der Waals surface area contributed by atoms with Gasteiger partial charge in [-0.25, -0.2) is 12.7 Å². The van der Waals surface area contributed by atoms with Crippen LogP contribution < -0.4 is 0 Å². The van der Waals surface area contributed by atoms with E-state index in [0.29, 0.717) is 10.3 Å². The third kappa shape index (κ3) is 1.92. The highest BCUT2D eigenvalue weighted by atomic mass is 32.2. The first-order chi connectivity index (χ1) is 7.94. The lowest BCUT2D eigenvalue weighted by Gasteiger charge is -2.13. The van der Waals surface area contributed by atoms with E-state index in [-0.39, 0.29) is 0 Å². The normalized spacial score (nSPS) is 12.2. The molecule has 1 aromatic heterocycles. The highest BCUT2D eigenvalue weighted by Crippen LogP contribution is 2.25. The lowest BCUT2D eigenvalue weighted by atomic mass is 10.1. The minimum atomic E-state index is -3.43. The van der Waals surface area contributed by atoms with Gasteiger partial charge in [0.1, 0.15) is 0 Å². The molecule has 0 unspecified atom stereocenters. The van der Waals surface area contributed by atoms with E-state index < -0.39 is 10.0 Å². The standard InChI is InChI=1S/C12H14N2O2S/c1-9-6-7-11(17(15,16)14(2)3)10-5-4-8-13-12(9)10/h4-8H,1-3H3. The summed E-state index contributed by atoms with van der Waals surface area (Å²) in [6.07, 6.45) is 1.67. The number of hydrogen-bond donors (Lipinski definition) is 0. The Morgan fingerprint density at radius 2 is 1.88 bits per heavy atom. The highest BCUT2D eigenvalue weighted by Gasteiger charge is 2.20. The second-order valence-corrected chi connectivity index (χ2v) is 6.19. The van der Waals surface area contributed by atoms with Gasteiger partial charge in [0.25, 0.3) is 0 Å². The molecule has 0 saturated heterocycles. The van der Waals surface area contributed by atoms with Gasteiger partial charge in [-0.1, -0.05) is 6.07 Å². The summed E-state index contributed by atoms with van der Waals surface area (Å²) in [5.74, 6) is 0. The number of hydrogen-bond acceptors (Lipinski definition) is 3. The summed E-state index contributed by atoms with van der Waals surface area (Å²) < 4.78 is 25.5. The Balaban J connectivity index is 2.86. The minimum Gasteiger partial charge on any atom is -0.256 e. The van der Waals surface area contributed by atoms with Crippen LogP contribution in [0.2, 0.25) is 0 Å². The fourth-order valence-corrected chi connectivity index (χ4v) is 2.79. The first-order valence-electron chi connectivity index (χ1n) is 5.21. The molecule has 4 nitrogen and oxygen atoms in total. The number of rotatable bonds is 2. The zero-order chi connectivity index (χ0) is 12.6. The van der Waals surface area contributed by atoms with E-state index in [1.54, 1.807) is 30.5 Å². The Kier molecular flexibility index (Phi) is 2.89. The Hall–Kier alpha value is -1.46. The number of sulfonamides is 1. The largest absolute Gasteiger partial charge is 0.256 e. The van der Waals surface area contributed by atoms with Crippen LogP contribution in [0.3, 0.4) is 0 Å². The van der Waals surface area contributed by atoms with Crippen molar-refractivity contribution in [1.29, 1.82) is 0 Å². The van der Waals surface area contributed by atoms with Gasteiger partial charge in [0, 0.05) is 25.7 Å². The fourth-order valence-electron chi connectivity index (χ4n) is 1.71. The molecule has 0 aliphatic rings. The Morgan fingerprint density at radius 3 is 2.53 bits per heavy atom. The van der Waals surface area contributed by atoms with Gasteiger partial charge in [-0.15, -0.1) is 0 Å². The summed E-state index contributed by atoms with van der Waals surface area (Å²) in [6, 6.07) is 6.95. The van der Waals surface area contributed by atoms with E-state index in [2.05, 4.69) is 4.98 Å². The smallest absolute Gasteiger partial charge is 0.243 e. The molecular formula is C12H14N2O2S. The van der Waals surface area contributed by atoms with Crippen molar-refractivity contribution >= 4 is 20.9 Å². The first kappa shape index (κ1) is 12.0. The zero-order valence-corrected chi connectivity index (χ0v) is 10.8.